The van der Waals surface area contributed by atoms with E-state index in [0.29, 0.717) is 0 Å². The highest BCUT2D eigenvalue weighted by molar-refractivity contribution is 8.10. The van der Waals surface area contributed by atoms with E-state index in [4.69, 9.17) is 0 Å². The highest BCUT2D eigenvalue weighted by Gasteiger charge is 2.74. The summed E-state index contributed by atoms with van der Waals surface area (Å²) in [5, 5.41) is 0. The summed E-state index contributed by atoms with van der Waals surface area (Å²) >= 11 is 0. The fourth-order valence-corrected chi connectivity index (χ4v) is 10.3. The maximum Gasteiger partial charge on any atom is 0.198 e. The lowest BCUT2D eigenvalue weighted by molar-refractivity contribution is 0.337. The van der Waals surface area contributed by atoms with E-state index in [1.165, 1.54) is 24.3 Å². The van der Waals surface area contributed by atoms with E-state index in [1.807, 2.05) is 0 Å². The van der Waals surface area contributed by atoms with Crippen LogP contribution in [0.3, 0.4) is 0 Å². The molecular formula is C21H24O4S2. The van der Waals surface area contributed by atoms with Gasteiger partial charge in [-0.1, -0.05) is 50.2 Å². The number of rotatable bonds is 5. The minimum Gasteiger partial charge on any atom is -0.222 e. The van der Waals surface area contributed by atoms with Crippen LogP contribution in [-0.2, 0) is 19.7 Å². The van der Waals surface area contributed by atoms with Gasteiger partial charge in [0.1, 0.15) is 0 Å². The topological polar surface area (TPSA) is 68.3 Å². The van der Waals surface area contributed by atoms with Gasteiger partial charge in [0.25, 0.3) is 0 Å². The molecule has 0 amide bonds. The lowest BCUT2D eigenvalue weighted by Crippen LogP contribution is -2.46. The van der Waals surface area contributed by atoms with Gasteiger partial charge < -0.3 is 0 Å². The van der Waals surface area contributed by atoms with E-state index in [2.05, 4.69) is 13.8 Å². The maximum atomic E-state index is 13.7. The summed E-state index contributed by atoms with van der Waals surface area (Å²) in [5.74, 6) is 0.399. The molecule has 0 aliphatic heterocycles. The van der Waals surface area contributed by atoms with Crippen LogP contribution < -0.4 is 0 Å². The summed E-state index contributed by atoms with van der Waals surface area (Å²) in [6, 6.07) is 16.1. The Morgan fingerprint density at radius 3 is 1.59 bits per heavy atom. The number of fused-ring (bicyclic) bond motifs is 1. The molecule has 144 valence electrons. The molecule has 2 unspecified atom stereocenters. The van der Waals surface area contributed by atoms with Crippen LogP contribution in [0.2, 0.25) is 0 Å². The monoisotopic (exact) mass is 404 g/mol. The van der Waals surface area contributed by atoms with Gasteiger partial charge in [-0.05, 0) is 60.8 Å². The van der Waals surface area contributed by atoms with Gasteiger partial charge in [0.15, 0.2) is 23.8 Å². The third kappa shape index (κ3) is 2.46. The second-order valence-corrected chi connectivity index (χ2v) is 13.0. The van der Waals surface area contributed by atoms with Crippen molar-refractivity contribution in [2.45, 2.75) is 47.0 Å². The minimum atomic E-state index is -4.07. The maximum absolute atomic E-state index is 13.7. The quantitative estimate of drug-likeness (QED) is 0.753. The summed E-state index contributed by atoms with van der Waals surface area (Å²) in [4.78, 5) is 0.175. The highest BCUT2D eigenvalue weighted by Crippen LogP contribution is 2.73. The third-order valence-electron chi connectivity index (χ3n) is 6.67. The molecule has 2 aromatic rings. The highest BCUT2D eigenvalue weighted by atomic mass is 32.3. The van der Waals surface area contributed by atoms with Crippen LogP contribution in [0.4, 0.5) is 0 Å². The van der Waals surface area contributed by atoms with Gasteiger partial charge in [-0.2, -0.15) is 0 Å². The molecule has 2 aliphatic rings. The van der Waals surface area contributed by atoms with E-state index in [-0.39, 0.29) is 39.9 Å². The molecule has 0 saturated heterocycles. The average molecular weight is 405 g/mol. The smallest absolute Gasteiger partial charge is 0.198 e. The third-order valence-corrected chi connectivity index (χ3v) is 12.4. The Hall–Kier alpha value is -1.66. The fraction of sp³-hybridized carbons (Fsp3) is 0.429. The Balaban J connectivity index is 1.94. The molecule has 4 rings (SSSR count). The molecule has 4 nitrogen and oxygen atoms in total. The van der Waals surface area contributed by atoms with Crippen LogP contribution in [-0.4, -0.2) is 20.9 Å². The number of hydrogen-bond acceptors (Lipinski definition) is 4. The van der Waals surface area contributed by atoms with E-state index >= 15 is 0 Å². The van der Waals surface area contributed by atoms with Gasteiger partial charge in [0.2, 0.25) is 0 Å². The first-order valence-corrected chi connectivity index (χ1v) is 12.2. The lowest BCUT2D eigenvalue weighted by Gasteiger charge is -2.32. The lowest BCUT2D eigenvalue weighted by atomic mass is 9.90. The summed E-state index contributed by atoms with van der Waals surface area (Å²) in [6.45, 7) is 4.14. The molecule has 2 saturated carbocycles. The first-order chi connectivity index (χ1) is 12.7. The normalized spacial score (nSPS) is 26.7. The molecule has 0 bridgehead atoms. The van der Waals surface area contributed by atoms with E-state index in [0.717, 1.165) is 6.42 Å². The van der Waals surface area contributed by atoms with E-state index < -0.39 is 23.8 Å². The van der Waals surface area contributed by atoms with Gasteiger partial charge in [-0.15, -0.1) is 0 Å². The second kappa shape index (κ2) is 5.92. The van der Waals surface area contributed by atoms with Gasteiger partial charge in [0.05, 0.1) is 9.79 Å². The predicted octanol–water partition coefficient (Wildman–Crippen LogP) is 4.09. The molecule has 2 fully saturated rings. The first kappa shape index (κ1) is 18.7. The summed E-state index contributed by atoms with van der Waals surface area (Å²) < 4.78 is 53.1. The van der Waals surface area contributed by atoms with Crippen LogP contribution in [0.15, 0.2) is 70.5 Å². The predicted molar refractivity (Wildman–Crippen MR) is 105 cm³/mol. The van der Waals surface area contributed by atoms with Crippen molar-refractivity contribution in [2.24, 2.45) is 17.3 Å². The van der Waals surface area contributed by atoms with Crippen LogP contribution in [0.1, 0.15) is 33.1 Å². The zero-order valence-corrected chi connectivity index (χ0v) is 17.1. The molecule has 2 atom stereocenters. The first-order valence-electron chi connectivity index (χ1n) is 9.27. The molecule has 0 aromatic heterocycles. The van der Waals surface area contributed by atoms with Crippen molar-refractivity contribution < 1.29 is 16.8 Å². The minimum absolute atomic E-state index is 0.0877. The van der Waals surface area contributed by atoms with Crippen molar-refractivity contribution in [3.05, 3.63) is 60.7 Å². The molecule has 2 aliphatic carbocycles. The number of hydrogen-bond donors (Lipinski definition) is 0. The van der Waals surface area contributed by atoms with Gasteiger partial charge in [-0.25, -0.2) is 16.8 Å². The van der Waals surface area contributed by atoms with Crippen LogP contribution in [0.25, 0.3) is 0 Å². The van der Waals surface area contributed by atoms with Gasteiger partial charge >= 0.3 is 0 Å². The fourth-order valence-electron chi connectivity index (χ4n) is 4.93. The van der Waals surface area contributed by atoms with E-state index in [9.17, 15) is 16.8 Å². The van der Waals surface area contributed by atoms with Crippen molar-refractivity contribution in [3.8, 4) is 0 Å². The number of benzene rings is 2. The van der Waals surface area contributed by atoms with E-state index in [1.54, 1.807) is 36.4 Å². The van der Waals surface area contributed by atoms with Crippen LogP contribution in [0.5, 0.6) is 0 Å². The Morgan fingerprint density at radius 1 is 0.778 bits per heavy atom. The standard InChI is InChI=1S/C21H24O4S2/c1-16(2)20-13-17(20)14-21(15-20,26(22,23)18-9-5-3-6-10-18)27(24,25)19-11-7-4-8-12-19/h3-12,16-17H,13-15H2,1-2H3. The Bertz CT molecular complexity index is 988. The summed E-state index contributed by atoms with van der Waals surface area (Å²) in [7, 11) is -8.14. The Labute approximate surface area is 161 Å². The molecule has 2 aromatic carbocycles. The average Bonchev–Trinajstić information content (AvgIpc) is 3.25. The second-order valence-electron chi connectivity index (χ2n) is 8.21. The van der Waals surface area contributed by atoms with Crippen LogP contribution in [0, 0.1) is 17.3 Å². The van der Waals surface area contributed by atoms with Crippen molar-refractivity contribution >= 4 is 19.7 Å². The molecule has 6 heteroatoms. The van der Waals surface area contributed by atoms with Gasteiger partial charge in [0, 0.05) is 0 Å². The van der Waals surface area contributed by atoms with Gasteiger partial charge in [-0.3, -0.25) is 0 Å². The summed E-state index contributed by atoms with van der Waals surface area (Å²) in [6.07, 6.45) is 1.28. The molecular weight excluding hydrogens is 380 g/mol. The zero-order chi connectivity index (χ0) is 19.5. The SMILES string of the molecule is CC(C)C12CC1CC(S(=O)(=O)c1ccccc1)(S(=O)(=O)c1ccccc1)C2. The van der Waals surface area contributed by atoms with Crippen molar-refractivity contribution in [2.75, 3.05) is 0 Å². The molecule has 0 radical (unpaired) electrons. The Morgan fingerprint density at radius 2 is 1.22 bits per heavy atom. The van der Waals surface area contributed by atoms with Crippen molar-refractivity contribution in [3.63, 3.8) is 0 Å². The molecule has 0 N–H and O–H groups in total. The number of sulfone groups is 2. The summed E-state index contributed by atoms with van der Waals surface area (Å²) in [5.41, 5.74) is -0.191. The molecule has 27 heavy (non-hydrogen) atoms. The molecule has 0 heterocycles. The molecule has 0 spiro atoms. The Kier molecular flexibility index (Phi) is 4.10. The van der Waals surface area contributed by atoms with Crippen molar-refractivity contribution in [1.82, 2.24) is 0 Å². The van der Waals surface area contributed by atoms with Crippen LogP contribution >= 0.6 is 0 Å². The van der Waals surface area contributed by atoms with Crippen molar-refractivity contribution in [1.29, 1.82) is 0 Å². The zero-order valence-electron chi connectivity index (χ0n) is 15.5. The largest absolute Gasteiger partial charge is 0.222 e.